The van der Waals surface area contributed by atoms with Gasteiger partial charge in [0.05, 0.1) is 29.2 Å². The number of piperazine rings is 1. The Morgan fingerprint density at radius 2 is 1.64 bits per heavy atom. The Kier molecular flexibility index (Phi) is 9.40. The molecule has 1 N–H and O–H groups in total. The molecule has 7 rings (SSSR count). The van der Waals surface area contributed by atoms with Crippen LogP contribution in [-0.4, -0.2) is 70.9 Å². The van der Waals surface area contributed by atoms with E-state index in [9.17, 15) is 0 Å². The number of halogens is 2. The van der Waals surface area contributed by atoms with Gasteiger partial charge in [-0.1, -0.05) is 29.3 Å². The van der Waals surface area contributed by atoms with Crippen molar-refractivity contribution >= 4 is 52.2 Å². The Morgan fingerprint density at radius 1 is 0.957 bits per heavy atom. The third-order valence-corrected chi connectivity index (χ3v) is 9.61. The Bertz CT molecular complexity index is 1690. The van der Waals surface area contributed by atoms with Gasteiger partial charge in [-0.15, -0.1) is 5.53 Å². The lowest BCUT2D eigenvalue weighted by molar-refractivity contribution is -0.190. The number of rotatable bonds is 10. The molecule has 11 nitrogen and oxygen atoms in total. The molecule has 47 heavy (non-hydrogen) atoms. The maximum atomic E-state index is 6.58. The van der Waals surface area contributed by atoms with E-state index in [0.29, 0.717) is 28.8 Å². The van der Waals surface area contributed by atoms with E-state index < -0.39 is 5.79 Å². The fraction of sp³-hybridized carbons (Fsp3) is 0.333. The molecule has 3 aliphatic rings. The summed E-state index contributed by atoms with van der Waals surface area (Å²) < 4.78 is 22.5. The van der Waals surface area contributed by atoms with E-state index in [0.717, 1.165) is 43.3 Å². The van der Waals surface area contributed by atoms with Gasteiger partial charge >= 0.3 is 0 Å². The first-order valence-corrected chi connectivity index (χ1v) is 17.3. The summed E-state index contributed by atoms with van der Waals surface area (Å²) in [7, 11) is 0. The van der Waals surface area contributed by atoms with Crippen LogP contribution in [0, 0.1) is 0 Å². The van der Waals surface area contributed by atoms with Crippen molar-refractivity contribution in [1.29, 1.82) is 0 Å². The van der Waals surface area contributed by atoms with Crippen LogP contribution < -0.4 is 25.1 Å². The SMILES string of the molecule is CSN1C=C(C)N(c2ccc(N3CCN(c4ccc(OC[C@@H]5CO[C@@](Cn6cncn6)(c6ccc(Cl)cc6Cl)O5)cc4)CC3)cc2)N1. The predicted molar refractivity (Wildman–Crippen MR) is 187 cm³/mol. The van der Waals surface area contributed by atoms with Gasteiger partial charge in [0.1, 0.15) is 37.7 Å². The molecule has 4 heterocycles. The number of ether oxygens (including phenoxy) is 3. The summed E-state index contributed by atoms with van der Waals surface area (Å²) >= 11 is 14.4. The second kappa shape index (κ2) is 13.8. The topological polar surface area (TPSA) is 83.4 Å². The molecular formula is C33H36Cl2N8O3S. The van der Waals surface area contributed by atoms with Crippen molar-refractivity contribution in [3.63, 3.8) is 0 Å². The molecule has 0 amide bonds. The summed E-state index contributed by atoms with van der Waals surface area (Å²) in [6, 6.07) is 22.3. The summed E-state index contributed by atoms with van der Waals surface area (Å²) in [5, 5.41) is 7.32. The zero-order valence-electron chi connectivity index (χ0n) is 26.1. The van der Waals surface area contributed by atoms with Gasteiger partial charge in [-0.2, -0.15) is 5.10 Å². The number of benzene rings is 3. The Hall–Kier alpha value is -3.65. The molecule has 4 aromatic rings. The molecule has 3 aromatic carbocycles. The Balaban J connectivity index is 0.918. The first-order valence-electron chi connectivity index (χ1n) is 15.4. The highest BCUT2D eigenvalue weighted by molar-refractivity contribution is 7.96. The number of hydrogen-bond donors (Lipinski definition) is 1. The first-order chi connectivity index (χ1) is 22.9. The molecule has 2 fully saturated rings. The monoisotopic (exact) mass is 694 g/mol. The molecule has 0 unspecified atom stereocenters. The fourth-order valence-corrected chi connectivity index (χ4v) is 7.02. The number of hydrogen-bond acceptors (Lipinski definition) is 11. The molecular weight excluding hydrogens is 659 g/mol. The minimum absolute atomic E-state index is 0.280. The zero-order valence-corrected chi connectivity index (χ0v) is 28.5. The second-order valence-corrected chi connectivity index (χ2v) is 13.1. The van der Waals surface area contributed by atoms with Crippen LogP contribution >= 0.6 is 35.1 Å². The second-order valence-electron chi connectivity index (χ2n) is 11.5. The number of hydrazine groups is 2. The van der Waals surface area contributed by atoms with Gasteiger partial charge in [-0.3, -0.25) is 5.01 Å². The van der Waals surface area contributed by atoms with Crippen LogP contribution in [0.5, 0.6) is 5.75 Å². The number of nitrogens with one attached hydrogen (secondary N) is 1. The van der Waals surface area contributed by atoms with E-state index >= 15 is 0 Å². The molecule has 246 valence electrons. The largest absolute Gasteiger partial charge is 0.491 e. The lowest BCUT2D eigenvalue weighted by Crippen LogP contribution is -2.46. The summed E-state index contributed by atoms with van der Waals surface area (Å²) in [5.74, 6) is -0.373. The molecule has 2 saturated heterocycles. The van der Waals surface area contributed by atoms with E-state index in [2.05, 4.69) is 79.9 Å². The first kappa shape index (κ1) is 31.9. The van der Waals surface area contributed by atoms with Crippen molar-refractivity contribution in [3.05, 3.63) is 107 Å². The average molecular weight is 696 g/mol. The summed E-state index contributed by atoms with van der Waals surface area (Å²) in [4.78, 5) is 8.90. The normalized spacial score (nSPS) is 21.4. The van der Waals surface area contributed by atoms with Crippen LogP contribution in [0.4, 0.5) is 17.1 Å². The third-order valence-electron chi connectivity index (χ3n) is 8.48. The molecule has 0 bridgehead atoms. The lowest BCUT2D eigenvalue weighted by Gasteiger charge is -2.37. The Morgan fingerprint density at radius 3 is 2.26 bits per heavy atom. The van der Waals surface area contributed by atoms with Crippen LogP contribution in [0.25, 0.3) is 0 Å². The van der Waals surface area contributed by atoms with Gasteiger partial charge in [0.15, 0.2) is 0 Å². The minimum atomic E-state index is -1.14. The van der Waals surface area contributed by atoms with Crippen molar-refractivity contribution < 1.29 is 14.2 Å². The fourth-order valence-electron chi connectivity index (χ4n) is 6.05. The molecule has 0 aliphatic carbocycles. The van der Waals surface area contributed by atoms with Crippen molar-refractivity contribution in [1.82, 2.24) is 24.7 Å². The summed E-state index contributed by atoms with van der Waals surface area (Å²) in [5.41, 5.74) is 8.72. The van der Waals surface area contributed by atoms with Crippen molar-refractivity contribution in [2.24, 2.45) is 0 Å². The quantitative estimate of drug-likeness (QED) is 0.200. The van der Waals surface area contributed by atoms with E-state index in [1.165, 1.54) is 17.7 Å². The standard InChI is InChI=1S/C33H36Cl2N8O3S/c1-24-18-42(47-2)38-43(24)28-6-4-26(5-7-28)39-13-15-40(16-14-39)27-8-10-29(11-9-27)44-19-30-20-45-33(46-30,21-41-23-36-22-37-41)31-12-3-25(34)17-32(31)35/h3-12,17-18,22-23,30,38H,13-16,19-21H2,1-2H3/t30-,33-/m1/s1. The van der Waals surface area contributed by atoms with E-state index in [4.69, 9.17) is 37.4 Å². The van der Waals surface area contributed by atoms with Crippen molar-refractivity contribution in [3.8, 4) is 5.75 Å². The highest BCUT2D eigenvalue weighted by Crippen LogP contribution is 2.40. The van der Waals surface area contributed by atoms with Gasteiger partial charge in [0, 0.05) is 54.4 Å². The smallest absolute Gasteiger partial charge is 0.217 e. The molecule has 0 radical (unpaired) electrons. The van der Waals surface area contributed by atoms with Gasteiger partial charge in [0.25, 0.3) is 0 Å². The maximum Gasteiger partial charge on any atom is 0.217 e. The average Bonchev–Trinajstić information content (AvgIpc) is 3.85. The molecule has 3 aliphatic heterocycles. The van der Waals surface area contributed by atoms with Crippen molar-refractivity contribution in [2.45, 2.75) is 25.4 Å². The lowest BCUT2D eigenvalue weighted by atomic mass is 10.1. The third kappa shape index (κ3) is 6.99. The van der Waals surface area contributed by atoms with Crippen LogP contribution in [0.1, 0.15) is 12.5 Å². The van der Waals surface area contributed by atoms with Crippen LogP contribution in [-0.2, 0) is 21.8 Å². The summed E-state index contributed by atoms with van der Waals surface area (Å²) in [6.45, 7) is 6.81. The Labute approximate surface area is 288 Å². The highest BCUT2D eigenvalue weighted by atomic mass is 35.5. The molecule has 2 atom stereocenters. The molecule has 0 spiro atoms. The summed E-state index contributed by atoms with van der Waals surface area (Å²) in [6.07, 6.45) is 6.90. The number of allylic oxidation sites excluding steroid dienone is 1. The van der Waals surface area contributed by atoms with Crippen LogP contribution in [0.15, 0.2) is 91.3 Å². The molecule has 1 aromatic heterocycles. The highest BCUT2D eigenvalue weighted by Gasteiger charge is 2.45. The van der Waals surface area contributed by atoms with Crippen LogP contribution in [0.2, 0.25) is 10.0 Å². The molecule has 14 heteroatoms. The van der Waals surface area contributed by atoms with Gasteiger partial charge < -0.3 is 24.0 Å². The van der Waals surface area contributed by atoms with E-state index in [1.807, 2.05) is 28.9 Å². The minimum Gasteiger partial charge on any atom is -0.491 e. The maximum absolute atomic E-state index is 6.58. The van der Waals surface area contributed by atoms with Gasteiger partial charge in [-0.25, -0.2) is 14.1 Å². The predicted octanol–water partition coefficient (Wildman–Crippen LogP) is 5.94. The van der Waals surface area contributed by atoms with E-state index in [1.54, 1.807) is 35.1 Å². The zero-order chi connectivity index (χ0) is 32.4. The number of aromatic nitrogens is 3. The van der Waals surface area contributed by atoms with Gasteiger partial charge in [0.2, 0.25) is 5.79 Å². The van der Waals surface area contributed by atoms with Crippen molar-refractivity contribution in [2.75, 3.05) is 60.5 Å². The van der Waals surface area contributed by atoms with E-state index in [-0.39, 0.29) is 12.6 Å². The molecule has 0 saturated carbocycles. The van der Waals surface area contributed by atoms with Gasteiger partial charge in [-0.05, 0) is 79.5 Å². The van der Waals surface area contributed by atoms with Crippen LogP contribution in [0.3, 0.4) is 0 Å². The number of anilines is 3. The number of nitrogens with zero attached hydrogens (tertiary/aromatic N) is 7.